The zero-order chi connectivity index (χ0) is 12.5. The van der Waals surface area contributed by atoms with E-state index in [2.05, 4.69) is 28.9 Å². The third kappa shape index (κ3) is 2.56. The lowest BCUT2D eigenvalue weighted by atomic mass is 10.1. The van der Waals surface area contributed by atoms with Crippen LogP contribution >= 0.6 is 11.6 Å². The first-order valence-corrected chi connectivity index (χ1v) is 7.33. The molecule has 2 nitrogen and oxygen atoms in total. The van der Waals surface area contributed by atoms with E-state index in [1.165, 1.54) is 38.0 Å². The van der Waals surface area contributed by atoms with Crippen molar-refractivity contribution in [3.63, 3.8) is 0 Å². The first kappa shape index (κ1) is 12.5. The summed E-state index contributed by atoms with van der Waals surface area (Å²) in [5, 5.41) is 0.847. The summed E-state index contributed by atoms with van der Waals surface area (Å²) >= 11 is 6.06. The summed E-state index contributed by atoms with van der Waals surface area (Å²) in [6, 6.07) is 9.71. The molecule has 0 aliphatic carbocycles. The van der Waals surface area contributed by atoms with Crippen LogP contribution in [0.5, 0.6) is 0 Å². The fourth-order valence-corrected chi connectivity index (χ4v) is 3.55. The first-order chi connectivity index (χ1) is 8.72. The highest BCUT2D eigenvalue weighted by molar-refractivity contribution is 6.30. The Morgan fingerprint density at radius 3 is 3.06 bits per heavy atom. The van der Waals surface area contributed by atoms with Crippen molar-refractivity contribution >= 4 is 11.6 Å². The minimum atomic E-state index is 0.651. The van der Waals surface area contributed by atoms with E-state index in [-0.39, 0.29) is 0 Å². The molecule has 0 spiro atoms. The Kier molecular flexibility index (Phi) is 3.60. The molecule has 2 saturated heterocycles. The molecule has 3 heteroatoms. The van der Waals surface area contributed by atoms with Gasteiger partial charge in [0.05, 0.1) is 0 Å². The van der Waals surface area contributed by atoms with Crippen molar-refractivity contribution in [2.45, 2.75) is 38.4 Å². The Labute approximate surface area is 115 Å². The molecule has 0 amide bonds. The second-order valence-electron chi connectivity index (χ2n) is 5.70. The Morgan fingerprint density at radius 1 is 1.33 bits per heavy atom. The zero-order valence-electron chi connectivity index (χ0n) is 11.0. The number of piperazine rings is 1. The number of rotatable bonds is 2. The standard InChI is InChI=1S/C15H21ClN2/c1-12-9-17-7-3-6-15(17)11-18(12)10-13-4-2-5-14(16)8-13/h2,4-5,8,12,15H,3,6-7,9-11H2,1H3/t12-,15-/m0/s1. The van der Waals surface area contributed by atoms with Gasteiger partial charge in [0.1, 0.15) is 0 Å². The van der Waals surface area contributed by atoms with E-state index in [1.54, 1.807) is 0 Å². The molecule has 1 aromatic carbocycles. The normalized spacial score (nSPS) is 29.4. The van der Waals surface area contributed by atoms with Gasteiger partial charge in [0, 0.05) is 36.7 Å². The van der Waals surface area contributed by atoms with Gasteiger partial charge in [0.2, 0.25) is 0 Å². The predicted octanol–water partition coefficient (Wildman–Crippen LogP) is 3.01. The second kappa shape index (κ2) is 5.20. The minimum absolute atomic E-state index is 0.651. The molecule has 2 aliphatic heterocycles. The number of nitrogens with zero attached hydrogens (tertiary/aromatic N) is 2. The lowest BCUT2D eigenvalue weighted by Crippen LogP contribution is -2.54. The predicted molar refractivity (Wildman–Crippen MR) is 75.9 cm³/mol. The lowest BCUT2D eigenvalue weighted by molar-refractivity contribution is 0.0540. The Bertz CT molecular complexity index is 421. The van der Waals surface area contributed by atoms with Crippen molar-refractivity contribution in [3.05, 3.63) is 34.9 Å². The highest BCUT2D eigenvalue weighted by atomic mass is 35.5. The third-order valence-corrected chi connectivity index (χ3v) is 4.58. The highest BCUT2D eigenvalue weighted by Crippen LogP contribution is 2.26. The van der Waals surface area contributed by atoms with Crippen LogP contribution in [0.1, 0.15) is 25.3 Å². The molecule has 0 bridgehead atoms. The summed E-state index contributed by atoms with van der Waals surface area (Å²) in [5.41, 5.74) is 1.33. The van der Waals surface area contributed by atoms with Crippen molar-refractivity contribution in [1.29, 1.82) is 0 Å². The quantitative estimate of drug-likeness (QED) is 0.810. The van der Waals surface area contributed by atoms with E-state index in [4.69, 9.17) is 11.6 Å². The Morgan fingerprint density at radius 2 is 2.22 bits per heavy atom. The van der Waals surface area contributed by atoms with Crippen LogP contribution in [-0.4, -0.2) is 41.5 Å². The molecule has 0 N–H and O–H groups in total. The van der Waals surface area contributed by atoms with Gasteiger partial charge in [-0.1, -0.05) is 23.7 Å². The molecular weight excluding hydrogens is 244 g/mol. The van der Waals surface area contributed by atoms with E-state index in [9.17, 15) is 0 Å². The Balaban J connectivity index is 1.68. The van der Waals surface area contributed by atoms with Crippen molar-refractivity contribution in [1.82, 2.24) is 9.80 Å². The van der Waals surface area contributed by atoms with Gasteiger partial charge in [0.15, 0.2) is 0 Å². The van der Waals surface area contributed by atoms with Crippen LogP contribution in [0.3, 0.4) is 0 Å². The van der Waals surface area contributed by atoms with E-state index in [1.807, 2.05) is 12.1 Å². The average Bonchev–Trinajstić information content (AvgIpc) is 2.76. The van der Waals surface area contributed by atoms with Crippen LogP contribution in [-0.2, 0) is 6.54 Å². The van der Waals surface area contributed by atoms with Crippen LogP contribution in [0.2, 0.25) is 5.02 Å². The molecule has 2 atom stereocenters. The van der Waals surface area contributed by atoms with Crippen LogP contribution in [0.4, 0.5) is 0 Å². The molecule has 2 aliphatic rings. The summed E-state index contributed by atoms with van der Waals surface area (Å²) in [7, 11) is 0. The molecule has 98 valence electrons. The lowest BCUT2D eigenvalue weighted by Gasteiger charge is -2.42. The monoisotopic (exact) mass is 264 g/mol. The maximum atomic E-state index is 6.06. The van der Waals surface area contributed by atoms with Gasteiger partial charge in [-0.3, -0.25) is 9.80 Å². The van der Waals surface area contributed by atoms with Crippen molar-refractivity contribution in [2.75, 3.05) is 19.6 Å². The molecular formula is C15H21ClN2. The fourth-order valence-electron chi connectivity index (χ4n) is 3.34. The molecule has 0 unspecified atom stereocenters. The zero-order valence-corrected chi connectivity index (χ0v) is 11.7. The summed E-state index contributed by atoms with van der Waals surface area (Å²) in [6.45, 7) is 7.13. The fraction of sp³-hybridized carbons (Fsp3) is 0.600. The van der Waals surface area contributed by atoms with Crippen molar-refractivity contribution < 1.29 is 0 Å². The molecule has 3 rings (SSSR count). The number of hydrogen-bond acceptors (Lipinski definition) is 2. The van der Waals surface area contributed by atoms with Gasteiger partial charge >= 0.3 is 0 Å². The van der Waals surface area contributed by atoms with E-state index in [0.29, 0.717) is 6.04 Å². The smallest absolute Gasteiger partial charge is 0.0409 e. The topological polar surface area (TPSA) is 6.48 Å². The summed E-state index contributed by atoms with van der Waals surface area (Å²) < 4.78 is 0. The largest absolute Gasteiger partial charge is 0.298 e. The molecule has 0 aromatic heterocycles. The van der Waals surface area contributed by atoms with Crippen molar-refractivity contribution in [2.24, 2.45) is 0 Å². The number of halogens is 1. The average molecular weight is 265 g/mol. The van der Waals surface area contributed by atoms with E-state index >= 15 is 0 Å². The molecule has 0 radical (unpaired) electrons. The SMILES string of the molecule is C[C@H]1CN2CCC[C@H]2CN1Cc1cccc(Cl)c1. The van der Waals surface area contributed by atoms with Gasteiger partial charge < -0.3 is 0 Å². The van der Waals surface area contributed by atoms with Gasteiger partial charge in [0.25, 0.3) is 0 Å². The molecule has 0 saturated carbocycles. The van der Waals surface area contributed by atoms with Gasteiger partial charge in [-0.05, 0) is 44.0 Å². The summed E-state index contributed by atoms with van der Waals surface area (Å²) in [4.78, 5) is 5.28. The van der Waals surface area contributed by atoms with Crippen LogP contribution in [0.25, 0.3) is 0 Å². The molecule has 1 aromatic rings. The second-order valence-corrected chi connectivity index (χ2v) is 6.14. The summed E-state index contributed by atoms with van der Waals surface area (Å²) in [6.07, 6.45) is 2.75. The van der Waals surface area contributed by atoms with Crippen LogP contribution in [0.15, 0.2) is 24.3 Å². The van der Waals surface area contributed by atoms with Gasteiger partial charge in [-0.15, -0.1) is 0 Å². The van der Waals surface area contributed by atoms with Crippen molar-refractivity contribution in [3.8, 4) is 0 Å². The van der Waals surface area contributed by atoms with E-state index < -0.39 is 0 Å². The Hall–Kier alpha value is -0.570. The number of fused-ring (bicyclic) bond motifs is 1. The van der Waals surface area contributed by atoms with Gasteiger partial charge in [-0.25, -0.2) is 0 Å². The van der Waals surface area contributed by atoms with Gasteiger partial charge in [-0.2, -0.15) is 0 Å². The van der Waals surface area contributed by atoms with Crippen LogP contribution < -0.4 is 0 Å². The summed E-state index contributed by atoms with van der Waals surface area (Å²) in [5.74, 6) is 0. The van der Waals surface area contributed by atoms with E-state index in [0.717, 1.165) is 17.6 Å². The van der Waals surface area contributed by atoms with Crippen LogP contribution in [0, 0.1) is 0 Å². The maximum absolute atomic E-state index is 6.06. The maximum Gasteiger partial charge on any atom is 0.0409 e. The minimum Gasteiger partial charge on any atom is -0.298 e. The number of benzene rings is 1. The third-order valence-electron chi connectivity index (χ3n) is 4.34. The molecule has 18 heavy (non-hydrogen) atoms. The molecule has 2 fully saturated rings. The first-order valence-electron chi connectivity index (χ1n) is 6.95. The number of hydrogen-bond donors (Lipinski definition) is 0. The highest BCUT2D eigenvalue weighted by Gasteiger charge is 2.34. The molecule has 2 heterocycles.